The van der Waals surface area contributed by atoms with Gasteiger partial charge in [0.05, 0.1) is 13.2 Å². The number of carbonyl (C=O) groups is 3. The van der Waals surface area contributed by atoms with Crippen molar-refractivity contribution in [2.45, 2.75) is 32.7 Å². The van der Waals surface area contributed by atoms with Gasteiger partial charge in [-0.05, 0) is 26.2 Å². The third-order valence-corrected chi connectivity index (χ3v) is 2.95. The molecule has 0 N–H and O–H groups in total. The summed E-state index contributed by atoms with van der Waals surface area (Å²) in [5.41, 5.74) is 0. The molecule has 0 aromatic heterocycles. The Hall–Kier alpha value is -1.59. The van der Waals surface area contributed by atoms with E-state index < -0.39 is 18.1 Å². The maximum atomic E-state index is 11.9. The van der Waals surface area contributed by atoms with Gasteiger partial charge in [-0.3, -0.25) is 4.90 Å². The normalized spacial score (nSPS) is 22.7. The zero-order valence-corrected chi connectivity index (χ0v) is 10.8. The number of nitrogens with zero attached hydrogens (tertiary/aromatic N) is 1. The van der Waals surface area contributed by atoms with E-state index in [0.717, 1.165) is 6.29 Å². The summed E-state index contributed by atoms with van der Waals surface area (Å²) in [5, 5.41) is 0. The average Bonchev–Trinajstić information content (AvgIpc) is 2.74. The van der Waals surface area contributed by atoms with Crippen LogP contribution in [0.15, 0.2) is 0 Å². The van der Waals surface area contributed by atoms with Crippen molar-refractivity contribution in [1.82, 2.24) is 4.90 Å². The Morgan fingerprint density at radius 2 is 1.94 bits per heavy atom. The molecule has 1 aliphatic rings. The summed E-state index contributed by atoms with van der Waals surface area (Å²) in [6.45, 7) is 4.33. The smallest absolute Gasteiger partial charge is 0.410 e. The molecule has 0 spiro atoms. The summed E-state index contributed by atoms with van der Waals surface area (Å²) >= 11 is 0. The van der Waals surface area contributed by atoms with Crippen molar-refractivity contribution in [2.24, 2.45) is 5.92 Å². The van der Waals surface area contributed by atoms with Gasteiger partial charge in [0.25, 0.3) is 0 Å². The van der Waals surface area contributed by atoms with Crippen LogP contribution >= 0.6 is 0 Å². The first kappa shape index (κ1) is 14.5. The minimum Gasteiger partial charge on any atom is -0.464 e. The molecule has 6 nitrogen and oxygen atoms in total. The number of esters is 1. The van der Waals surface area contributed by atoms with Gasteiger partial charge in [-0.25, -0.2) is 9.59 Å². The third-order valence-electron chi connectivity index (χ3n) is 2.95. The molecule has 1 amide bonds. The number of likely N-dealkylation sites (tertiary alicyclic amines) is 1. The Balaban J connectivity index is 2.79. The lowest BCUT2D eigenvalue weighted by atomic mass is 9.97. The number of ether oxygens (including phenoxy) is 2. The highest BCUT2D eigenvalue weighted by Crippen LogP contribution is 2.28. The number of carbonyl (C=O) groups excluding carboxylic acids is 3. The quantitative estimate of drug-likeness (QED) is 0.542. The van der Waals surface area contributed by atoms with Crippen LogP contribution in [0, 0.1) is 5.92 Å². The van der Waals surface area contributed by atoms with E-state index in [-0.39, 0.29) is 25.6 Å². The molecule has 1 rings (SSSR count). The number of hydrogen-bond acceptors (Lipinski definition) is 5. The van der Waals surface area contributed by atoms with Crippen molar-refractivity contribution in [3.05, 3.63) is 0 Å². The highest BCUT2D eigenvalue weighted by Gasteiger charge is 2.43. The predicted octanol–water partition coefficient (Wildman–Crippen LogP) is 0.986. The van der Waals surface area contributed by atoms with Gasteiger partial charge in [0, 0.05) is 13.0 Å². The second-order valence-electron chi connectivity index (χ2n) is 4.04. The van der Waals surface area contributed by atoms with Gasteiger partial charge in [-0.1, -0.05) is 0 Å². The number of hydrogen-bond donors (Lipinski definition) is 0. The molecule has 1 heterocycles. The molecule has 0 unspecified atom stereocenters. The summed E-state index contributed by atoms with van der Waals surface area (Å²) in [6.07, 6.45) is 1.11. The molecule has 102 valence electrons. The number of rotatable bonds is 5. The van der Waals surface area contributed by atoms with Crippen LogP contribution in [0.5, 0.6) is 0 Å². The van der Waals surface area contributed by atoms with E-state index >= 15 is 0 Å². The second-order valence-corrected chi connectivity index (χ2v) is 4.04. The third kappa shape index (κ3) is 3.21. The zero-order chi connectivity index (χ0) is 13.5. The van der Waals surface area contributed by atoms with Crippen LogP contribution in [0.2, 0.25) is 0 Å². The summed E-state index contributed by atoms with van der Waals surface area (Å²) in [7, 11) is 0. The first-order valence-corrected chi connectivity index (χ1v) is 6.19. The van der Waals surface area contributed by atoms with Gasteiger partial charge < -0.3 is 14.3 Å². The van der Waals surface area contributed by atoms with Crippen LogP contribution in [0.4, 0.5) is 4.79 Å². The van der Waals surface area contributed by atoms with Gasteiger partial charge in [0.15, 0.2) is 0 Å². The largest absolute Gasteiger partial charge is 0.464 e. The van der Waals surface area contributed by atoms with Crippen molar-refractivity contribution in [3.8, 4) is 0 Å². The van der Waals surface area contributed by atoms with E-state index in [4.69, 9.17) is 9.47 Å². The first-order valence-electron chi connectivity index (χ1n) is 6.19. The van der Waals surface area contributed by atoms with E-state index in [1.54, 1.807) is 13.8 Å². The van der Waals surface area contributed by atoms with Crippen molar-refractivity contribution in [3.63, 3.8) is 0 Å². The highest BCUT2D eigenvalue weighted by atomic mass is 16.6. The van der Waals surface area contributed by atoms with Crippen LogP contribution in [0.1, 0.15) is 26.7 Å². The molecular weight excluding hydrogens is 238 g/mol. The lowest BCUT2D eigenvalue weighted by Gasteiger charge is -2.24. The van der Waals surface area contributed by atoms with Crippen molar-refractivity contribution >= 4 is 18.3 Å². The predicted molar refractivity (Wildman–Crippen MR) is 62.9 cm³/mol. The van der Waals surface area contributed by atoms with Gasteiger partial charge in [-0.2, -0.15) is 0 Å². The summed E-state index contributed by atoms with van der Waals surface area (Å²) < 4.78 is 9.86. The second kappa shape index (κ2) is 6.98. The fourth-order valence-electron chi connectivity index (χ4n) is 2.19. The first-order chi connectivity index (χ1) is 8.65. The zero-order valence-electron chi connectivity index (χ0n) is 10.8. The van der Waals surface area contributed by atoms with Crippen LogP contribution in [0.3, 0.4) is 0 Å². The van der Waals surface area contributed by atoms with Crippen molar-refractivity contribution in [1.29, 1.82) is 0 Å². The molecule has 0 saturated carbocycles. The monoisotopic (exact) mass is 257 g/mol. The Kier molecular flexibility index (Phi) is 5.61. The number of amides is 1. The molecule has 2 atom stereocenters. The highest BCUT2D eigenvalue weighted by molar-refractivity contribution is 5.83. The molecular formula is C12H19NO5. The van der Waals surface area contributed by atoms with E-state index in [2.05, 4.69) is 0 Å². The molecule has 0 bridgehead atoms. The van der Waals surface area contributed by atoms with Crippen LogP contribution < -0.4 is 0 Å². The molecule has 0 radical (unpaired) electrons. The Bertz CT molecular complexity index is 318. The van der Waals surface area contributed by atoms with Gasteiger partial charge in [0.1, 0.15) is 12.3 Å². The fourth-order valence-corrected chi connectivity index (χ4v) is 2.19. The molecule has 1 saturated heterocycles. The lowest BCUT2D eigenvalue weighted by Crippen LogP contribution is -2.44. The van der Waals surface area contributed by atoms with Crippen molar-refractivity contribution in [2.75, 3.05) is 19.8 Å². The van der Waals surface area contributed by atoms with Crippen LogP contribution in [-0.4, -0.2) is 49.0 Å². The number of aldehydes is 1. The molecule has 0 aromatic rings. The topological polar surface area (TPSA) is 72.9 Å². The lowest BCUT2D eigenvalue weighted by molar-refractivity contribution is -0.149. The standard InChI is InChI=1S/C12H19NO5/c1-3-17-11(15)10-9(6-8-14)5-7-13(10)12(16)18-4-2/h8-10H,3-7H2,1-2H3/t9-,10+/m0/s1. The van der Waals surface area contributed by atoms with Gasteiger partial charge in [-0.15, -0.1) is 0 Å². The molecule has 6 heteroatoms. The summed E-state index contributed by atoms with van der Waals surface area (Å²) in [5.74, 6) is -0.638. The fraction of sp³-hybridized carbons (Fsp3) is 0.750. The van der Waals surface area contributed by atoms with Gasteiger partial charge >= 0.3 is 12.1 Å². The Labute approximate surface area is 106 Å². The SMILES string of the molecule is CCOC(=O)[C@H]1[C@H](CC=O)CCN1C(=O)OCC. The molecule has 1 aliphatic heterocycles. The summed E-state index contributed by atoms with van der Waals surface area (Å²) in [4.78, 5) is 35.5. The average molecular weight is 257 g/mol. The maximum Gasteiger partial charge on any atom is 0.410 e. The molecule has 1 fully saturated rings. The maximum absolute atomic E-state index is 11.9. The molecule has 0 aromatic carbocycles. The Morgan fingerprint density at radius 1 is 1.28 bits per heavy atom. The van der Waals surface area contributed by atoms with Gasteiger partial charge in [0.2, 0.25) is 0 Å². The van der Waals surface area contributed by atoms with Crippen LogP contribution in [0.25, 0.3) is 0 Å². The van der Waals surface area contributed by atoms with E-state index in [9.17, 15) is 14.4 Å². The van der Waals surface area contributed by atoms with Crippen molar-refractivity contribution < 1.29 is 23.9 Å². The Morgan fingerprint density at radius 3 is 2.50 bits per heavy atom. The minimum absolute atomic E-state index is 0.175. The molecule has 18 heavy (non-hydrogen) atoms. The summed E-state index contributed by atoms with van der Waals surface area (Å²) in [6, 6.07) is -0.700. The van der Waals surface area contributed by atoms with E-state index in [1.165, 1.54) is 4.90 Å². The van der Waals surface area contributed by atoms with Crippen LogP contribution in [-0.2, 0) is 19.1 Å². The van der Waals surface area contributed by atoms with E-state index in [0.29, 0.717) is 13.0 Å². The molecule has 0 aliphatic carbocycles. The van der Waals surface area contributed by atoms with E-state index in [1.807, 2.05) is 0 Å². The minimum atomic E-state index is -0.700.